The minimum absolute atomic E-state index is 0.796. The smallest absolute Gasteiger partial charge is 0.137 e. The van der Waals surface area contributed by atoms with Crippen molar-refractivity contribution in [1.82, 2.24) is 4.98 Å². The molecule has 0 spiro atoms. The van der Waals surface area contributed by atoms with Crippen molar-refractivity contribution in [3.8, 4) is 17.0 Å². The summed E-state index contributed by atoms with van der Waals surface area (Å²) in [5.74, 6) is 0.887. The summed E-state index contributed by atoms with van der Waals surface area (Å²) in [6, 6.07) is 14.6. The second-order valence-electron chi connectivity index (χ2n) is 13.2. The summed E-state index contributed by atoms with van der Waals surface area (Å²) in [6.45, 7) is 19.9. The van der Waals surface area contributed by atoms with Gasteiger partial charge in [-0.2, -0.15) is 0 Å². The van der Waals surface area contributed by atoms with Crippen LogP contribution in [-0.4, -0.2) is 27.7 Å². The molecule has 39 heavy (non-hydrogen) atoms. The molecule has 2 rings (SSSR count). The molecule has 2 aromatic rings. The van der Waals surface area contributed by atoms with Crippen LogP contribution in [0.3, 0.4) is 0 Å². The van der Waals surface area contributed by atoms with Crippen molar-refractivity contribution in [3.63, 3.8) is 0 Å². The van der Waals surface area contributed by atoms with Gasteiger partial charge in [-0.1, -0.05) is 154 Å². The Labute approximate surface area is 245 Å². The molecule has 0 aliphatic heterocycles. The fourth-order valence-electron chi connectivity index (χ4n) is 5.71. The third-order valence-electron chi connectivity index (χ3n) is 7.33. The average Bonchev–Trinajstić information content (AvgIpc) is 2.90. The molecule has 1 aromatic carbocycles. The van der Waals surface area contributed by atoms with Crippen LogP contribution in [-0.2, 0) is 6.42 Å². The van der Waals surface area contributed by atoms with E-state index in [1.54, 1.807) is 5.67 Å². The fraction of sp³-hybridized carbons (Fsp3) is 0.686. The van der Waals surface area contributed by atoms with Gasteiger partial charge in [-0.05, 0) is 37.0 Å². The first-order chi connectivity index (χ1) is 18.7. The lowest BCUT2D eigenvalue weighted by atomic mass is 10.0. The van der Waals surface area contributed by atoms with Gasteiger partial charge in [0.2, 0.25) is 0 Å². The molecule has 0 aliphatic rings. The molecule has 0 radical (unpaired) electrons. The van der Waals surface area contributed by atoms with Gasteiger partial charge in [-0.15, -0.1) is 0 Å². The Kier molecular flexibility index (Phi) is 18.7. The maximum atomic E-state index is 5.96. The largest absolute Gasteiger partial charge is 0.492 e. The first kappa shape index (κ1) is 35.6. The molecule has 0 N–H and O–H groups in total. The second kappa shape index (κ2) is 20.5. The molecule has 0 unspecified atom stereocenters. The molecule has 1 heterocycles. The van der Waals surface area contributed by atoms with Crippen molar-refractivity contribution in [2.24, 2.45) is 0 Å². The van der Waals surface area contributed by atoms with Crippen LogP contribution in [0.1, 0.15) is 103 Å². The first-order valence-corrected chi connectivity index (χ1v) is 23.5. The van der Waals surface area contributed by atoms with Crippen molar-refractivity contribution < 1.29 is 4.74 Å². The molecular weight excluding hydrogens is 507 g/mol. The summed E-state index contributed by atoms with van der Waals surface area (Å²) in [7, 11) is -1.86. The van der Waals surface area contributed by atoms with E-state index in [2.05, 4.69) is 81.0 Å². The normalized spacial score (nSPS) is 11.7. The number of nitrogens with zero attached hydrogens (tertiary/aromatic N) is 1. The third kappa shape index (κ3) is 17.8. The van der Waals surface area contributed by atoms with Crippen LogP contribution >= 0.6 is 0 Å². The van der Waals surface area contributed by atoms with Gasteiger partial charge < -0.3 is 4.74 Å². The maximum Gasteiger partial charge on any atom is 0.137 e. The molecule has 222 valence electrons. The minimum Gasteiger partial charge on any atom is -0.492 e. The predicted molar refractivity (Wildman–Crippen MR) is 182 cm³/mol. The lowest BCUT2D eigenvalue weighted by Crippen LogP contribution is -2.37. The quantitative estimate of drug-likeness (QED) is 0.117. The summed E-state index contributed by atoms with van der Waals surface area (Å²) in [4.78, 5) is 4.65. The van der Waals surface area contributed by atoms with E-state index in [0.29, 0.717) is 0 Å². The molecule has 1 aromatic heterocycles. The summed E-state index contributed by atoms with van der Waals surface area (Å²) < 4.78 is 5.96. The minimum atomic E-state index is -0.960. The average molecular weight is 570 g/mol. The van der Waals surface area contributed by atoms with Crippen LogP contribution in [0, 0.1) is 0 Å². The highest BCUT2D eigenvalue weighted by molar-refractivity contribution is 6.94. The van der Waals surface area contributed by atoms with E-state index < -0.39 is 16.1 Å². The van der Waals surface area contributed by atoms with E-state index in [1.165, 1.54) is 94.2 Å². The van der Waals surface area contributed by atoms with E-state index in [9.17, 15) is 0 Å². The van der Waals surface area contributed by atoms with E-state index in [0.717, 1.165) is 24.5 Å². The number of rotatable bonds is 20. The van der Waals surface area contributed by atoms with Gasteiger partial charge in [-0.3, -0.25) is 4.98 Å². The Bertz CT molecular complexity index is 840. The standard InChI is InChI=1S/C33H57NOSi2.C2H6/c1-7-8-9-10-13-16-19-30-20-22-31(23-21-30)33-25-24-32(28-34-33)35-26-17-14-11-12-15-18-27-37(5,6)29-36(2,3)4;1-2/h20-25,28H,7-19,26-27,29H2,1-6H3;1-2H3. The van der Waals surface area contributed by atoms with Gasteiger partial charge in [0.25, 0.3) is 0 Å². The number of hydrogen-bond donors (Lipinski definition) is 0. The number of aryl methyl sites for hydroxylation is 1. The molecule has 0 amide bonds. The van der Waals surface area contributed by atoms with Gasteiger partial charge in [0.05, 0.1) is 18.5 Å². The lowest BCUT2D eigenvalue weighted by Gasteiger charge is -2.29. The summed E-state index contributed by atoms with van der Waals surface area (Å²) in [5, 5.41) is 0. The van der Waals surface area contributed by atoms with Crippen molar-refractivity contribution in [1.29, 1.82) is 0 Å². The van der Waals surface area contributed by atoms with Gasteiger partial charge in [0, 0.05) is 21.7 Å². The molecular formula is C35H63NOSi2. The van der Waals surface area contributed by atoms with E-state index >= 15 is 0 Å². The van der Waals surface area contributed by atoms with Crippen LogP contribution in [0.5, 0.6) is 5.75 Å². The zero-order valence-electron chi connectivity index (χ0n) is 27.2. The number of aromatic nitrogens is 1. The number of hydrogen-bond acceptors (Lipinski definition) is 2. The van der Waals surface area contributed by atoms with Gasteiger partial charge in [0.15, 0.2) is 0 Å². The molecule has 0 atom stereocenters. The van der Waals surface area contributed by atoms with Crippen LogP contribution in [0.25, 0.3) is 11.3 Å². The highest BCUT2D eigenvalue weighted by Gasteiger charge is 2.27. The Balaban J connectivity index is 0.00000371. The van der Waals surface area contributed by atoms with Crippen LogP contribution in [0.15, 0.2) is 42.6 Å². The molecule has 0 saturated carbocycles. The second-order valence-corrected chi connectivity index (χ2v) is 24.6. The Hall–Kier alpha value is -1.40. The summed E-state index contributed by atoms with van der Waals surface area (Å²) in [5.41, 5.74) is 5.23. The monoisotopic (exact) mass is 569 g/mol. The summed E-state index contributed by atoms with van der Waals surface area (Å²) >= 11 is 0. The SMILES string of the molecule is CC.CCCCCCCCc1ccc(-c2ccc(OCCCCCCCC[Si](C)(C)C[Si](C)(C)C)cn2)cc1. The van der Waals surface area contributed by atoms with Crippen molar-refractivity contribution in [3.05, 3.63) is 48.2 Å². The van der Waals surface area contributed by atoms with Gasteiger partial charge in [-0.25, -0.2) is 0 Å². The molecule has 2 nitrogen and oxygen atoms in total. The molecule has 0 fully saturated rings. The van der Waals surface area contributed by atoms with E-state index in [4.69, 9.17) is 4.74 Å². The number of ether oxygens (including phenoxy) is 1. The van der Waals surface area contributed by atoms with Crippen LogP contribution < -0.4 is 4.74 Å². The molecule has 0 bridgehead atoms. The highest BCUT2D eigenvalue weighted by atomic mass is 28.4. The fourth-order valence-corrected chi connectivity index (χ4v) is 19.1. The van der Waals surface area contributed by atoms with Crippen LogP contribution in [0.4, 0.5) is 0 Å². The summed E-state index contributed by atoms with van der Waals surface area (Å²) in [6.07, 6.45) is 19.2. The Morgan fingerprint density at radius 1 is 0.667 bits per heavy atom. The molecule has 4 heteroatoms. The van der Waals surface area contributed by atoms with Crippen LogP contribution in [0.2, 0.25) is 44.4 Å². The zero-order chi connectivity index (χ0) is 29.0. The lowest BCUT2D eigenvalue weighted by molar-refractivity contribution is 0.303. The predicted octanol–water partition coefficient (Wildman–Crippen LogP) is 12.0. The van der Waals surface area contributed by atoms with E-state index in [-0.39, 0.29) is 0 Å². The van der Waals surface area contributed by atoms with Gasteiger partial charge in [0.1, 0.15) is 5.75 Å². The number of unbranched alkanes of at least 4 members (excludes halogenated alkanes) is 10. The Morgan fingerprint density at radius 3 is 1.85 bits per heavy atom. The highest BCUT2D eigenvalue weighted by Crippen LogP contribution is 2.26. The van der Waals surface area contributed by atoms with Crippen molar-refractivity contribution >= 4 is 16.1 Å². The van der Waals surface area contributed by atoms with Crippen molar-refractivity contribution in [2.75, 3.05) is 6.61 Å². The zero-order valence-corrected chi connectivity index (χ0v) is 29.2. The van der Waals surface area contributed by atoms with Gasteiger partial charge >= 0.3 is 0 Å². The third-order valence-corrected chi connectivity index (χ3v) is 17.1. The van der Waals surface area contributed by atoms with E-state index in [1.807, 2.05) is 20.0 Å². The Morgan fingerprint density at radius 2 is 1.26 bits per heavy atom. The topological polar surface area (TPSA) is 22.1 Å². The molecule has 0 saturated heterocycles. The maximum absolute atomic E-state index is 5.96. The van der Waals surface area contributed by atoms with Crippen molar-refractivity contribution in [2.45, 2.75) is 149 Å². The number of pyridine rings is 1. The first-order valence-electron chi connectivity index (χ1n) is 16.4. The number of benzene rings is 1. The molecule has 0 aliphatic carbocycles.